The van der Waals surface area contributed by atoms with Gasteiger partial charge in [0, 0.05) is 19.6 Å². The van der Waals surface area contributed by atoms with Crippen LogP contribution in [0, 0.1) is 20.8 Å². The van der Waals surface area contributed by atoms with Crippen LogP contribution in [0.15, 0.2) is 12.1 Å². The van der Waals surface area contributed by atoms with Crippen molar-refractivity contribution in [3.05, 3.63) is 28.8 Å². The largest absolute Gasteiger partial charge is 0.490 e. The highest BCUT2D eigenvalue weighted by Crippen LogP contribution is 2.27. The lowest BCUT2D eigenvalue weighted by Crippen LogP contribution is -2.47. The Morgan fingerprint density at radius 2 is 1.78 bits per heavy atom. The number of aliphatic hydroxyl groups is 2. The van der Waals surface area contributed by atoms with Gasteiger partial charge in [-0.15, -0.1) is 0 Å². The van der Waals surface area contributed by atoms with Crippen molar-refractivity contribution in [3.8, 4) is 5.75 Å². The van der Waals surface area contributed by atoms with Crippen LogP contribution in [0.4, 0.5) is 0 Å². The number of benzene rings is 1. The second kappa shape index (κ2) is 7.65. The van der Waals surface area contributed by atoms with Gasteiger partial charge in [-0.3, -0.25) is 0 Å². The minimum absolute atomic E-state index is 0.305. The lowest BCUT2D eigenvalue weighted by atomic mass is 9.89. The fourth-order valence-corrected chi connectivity index (χ4v) is 3.18. The van der Waals surface area contributed by atoms with Gasteiger partial charge in [0.05, 0.1) is 5.60 Å². The Balaban J connectivity index is 1.82. The highest BCUT2D eigenvalue weighted by Gasteiger charge is 2.30. The van der Waals surface area contributed by atoms with Gasteiger partial charge >= 0.3 is 0 Å². The maximum Gasteiger partial charge on any atom is 0.125 e. The van der Waals surface area contributed by atoms with Gasteiger partial charge in [0.2, 0.25) is 0 Å². The molecule has 0 aromatic heterocycles. The minimum Gasteiger partial charge on any atom is -0.490 e. The number of aliphatic hydroxyl groups excluding tert-OH is 1. The van der Waals surface area contributed by atoms with E-state index in [1.807, 2.05) is 13.8 Å². The van der Waals surface area contributed by atoms with Crippen molar-refractivity contribution in [2.24, 2.45) is 0 Å². The van der Waals surface area contributed by atoms with Crippen molar-refractivity contribution >= 4 is 0 Å². The molecular formula is C19H31NO3. The third kappa shape index (κ3) is 4.69. The molecule has 130 valence electrons. The number of hydrogen-bond acceptors (Lipinski definition) is 4. The number of likely N-dealkylation sites (tertiary alicyclic amines) is 1. The van der Waals surface area contributed by atoms with Gasteiger partial charge in [-0.25, -0.2) is 0 Å². The molecule has 0 aliphatic carbocycles. The zero-order valence-electron chi connectivity index (χ0n) is 14.9. The highest BCUT2D eigenvalue weighted by atomic mass is 16.5. The molecule has 0 saturated carbocycles. The van der Waals surface area contributed by atoms with Crippen LogP contribution in [0.5, 0.6) is 5.75 Å². The molecule has 1 unspecified atom stereocenters. The maximum absolute atomic E-state index is 10.3. The van der Waals surface area contributed by atoms with Gasteiger partial charge in [0.25, 0.3) is 0 Å². The molecule has 23 heavy (non-hydrogen) atoms. The van der Waals surface area contributed by atoms with Crippen LogP contribution in [0.25, 0.3) is 0 Å². The molecule has 2 rings (SSSR count). The summed E-state index contributed by atoms with van der Waals surface area (Å²) in [5, 5.41) is 20.5. The van der Waals surface area contributed by atoms with Gasteiger partial charge in [-0.2, -0.15) is 0 Å². The summed E-state index contributed by atoms with van der Waals surface area (Å²) in [4.78, 5) is 2.22. The van der Waals surface area contributed by atoms with Crippen molar-refractivity contribution < 1.29 is 14.9 Å². The van der Waals surface area contributed by atoms with Crippen LogP contribution in [-0.4, -0.2) is 53.1 Å². The number of piperidine rings is 1. The van der Waals surface area contributed by atoms with Crippen molar-refractivity contribution in [2.75, 3.05) is 26.2 Å². The Hall–Kier alpha value is -1.10. The lowest BCUT2D eigenvalue weighted by molar-refractivity contribution is -0.0352. The second-order valence-corrected chi connectivity index (χ2v) is 7.00. The molecule has 1 heterocycles. The quantitative estimate of drug-likeness (QED) is 0.845. The molecule has 0 spiro atoms. The molecule has 1 fully saturated rings. The van der Waals surface area contributed by atoms with Crippen LogP contribution < -0.4 is 4.74 Å². The Kier molecular flexibility index (Phi) is 6.06. The minimum atomic E-state index is -0.512. The fraction of sp³-hybridized carbons (Fsp3) is 0.684. The first-order chi connectivity index (χ1) is 10.8. The van der Waals surface area contributed by atoms with Crippen molar-refractivity contribution in [2.45, 2.75) is 58.7 Å². The van der Waals surface area contributed by atoms with E-state index in [0.717, 1.165) is 49.2 Å². The average molecular weight is 321 g/mol. The first-order valence-corrected chi connectivity index (χ1v) is 8.67. The summed E-state index contributed by atoms with van der Waals surface area (Å²) in [5.74, 6) is 0.892. The van der Waals surface area contributed by atoms with Crippen molar-refractivity contribution in [3.63, 3.8) is 0 Å². The summed E-state index contributed by atoms with van der Waals surface area (Å²) in [7, 11) is 0. The number of β-amino-alcohol motifs (C(OH)–C–C–N with tert-alkyl or cyclic N) is 1. The van der Waals surface area contributed by atoms with Crippen LogP contribution >= 0.6 is 0 Å². The van der Waals surface area contributed by atoms with Crippen LogP contribution in [0.2, 0.25) is 0 Å². The monoisotopic (exact) mass is 321 g/mol. The van der Waals surface area contributed by atoms with Gasteiger partial charge in [-0.1, -0.05) is 19.1 Å². The number of rotatable bonds is 6. The molecule has 1 saturated heterocycles. The van der Waals surface area contributed by atoms with Gasteiger partial charge < -0.3 is 19.8 Å². The zero-order valence-corrected chi connectivity index (χ0v) is 14.9. The summed E-state index contributed by atoms with van der Waals surface area (Å²) in [6, 6.07) is 4.15. The SMILES string of the molecule is CCC1(O)CCN(CC(O)COc2c(C)ccc(C)c2C)CC1. The van der Waals surface area contributed by atoms with Crippen LogP contribution in [-0.2, 0) is 0 Å². The normalized spacial score (nSPS) is 19.6. The Labute approximate surface area is 140 Å². The van der Waals surface area contributed by atoms with Gasteiger partial charge in [-0.05, 0) is 56.7 Å². The number of ether oxygens (including phenoxy) is 1. The van der Waals surface area contributed by atoms with E-state index in [4.69, 9.17) is 4.74 Å². The lowest BCUT2D eigenvalue weighted by Gasteiger charge is -2.38. The first-order valence-electron chi connectivity index (χ1n) is 8.67. The number of hydrogen-bond donors (Lipinski definition) is 2. The molecule has 1 aliphatic rings. The number of nitrogens with zero attached hydrogens (tertiary/aromatic N) is 1. The van der Waals surface area contributed by atoms with E-state index in [0.29, 0.717) is 13.2 Å². The summed E-state index contributed by atoms with van der Waals surface area (Å²) in [5.41, 5.74) is 2.94. The maximum atomic E-state index is 10.3. The van der Waals surface area contributed by atoms with Crippen molar-refractivity contribution in [1.29, 1.82) is 0 Å². The molecule has 1 aliphatic heterocycles. The summed E-state index contributed by atoms with van der Waals surface area (Å²) >= 11 is 0. The second-order valence-electron chi connectivity index (χ2n) is 7.00. The molecule has 2 N–H and O–H groups in total. The molecule has 0 amide bonds. The molecule has 1 atom stereocenters. The topological polar surface area (TPSA) is 52.9 Å². The molecule has 4 heteroatoms. The van der Waals surface area contributed by atoms with E-state index in [-0.39, 0.29) is 0 Å². The summed E-state index contributed by atoms with van der Waals surface area (Å²) in [6.07, 6.45) is 1.86. The van der Waals surface area contributed by atoms with E-state index in [9.17, 15) is 10.2 Å². The van der Waals surface area contributed by atoms with Gasteiger partial charge in [0.15, 0.2) is 0 Å². The standard InChI is InChI=1S/C19H31NO3/c1-5-19(22)8-10-20(11-9-19)12-17(21)13-23-18-15(3)7-6-14(2)16(18)4/h6-7,17,21-22H,5,8-13H2,1-4H3. The van der Waals surface area contributed by atoms with E-state index in [1.54, 1.807) is 0 Å². The fourth-order valence-electron chi connectivity index (χ4n) is 3.18. The third-order valence-electron chi connectivity index (χ3n) is 5.21. The molecule has 1 aromatic rings. The summed E-state index contributed by atoms with van der Waals surface area (Å²) < 4.78 is 5.89. The Morgan fingerprint density at radius 1 is 1.17 bits per heavy atom. The average Bonchev–Trinajstić information content (AvgIpc) is 2.53. The van der Waals surface area contributed by atoms with Gasteiger partial charge in [0.1, 0.15) is 18.5 Å². The Bertz CT molecular complexity index is 522. The van der Waals surface area contributed by atoms with Crippen molar-refractivity contribution in [1.82, 2.24) is 4.90 Å². The summed E-state index contributed by atoms with van der Waals surface area (Å²) in [6.45, 7) is 10.8. The van der Waals surface area contributed by atoms with Crippen LogP contribution in [0.1, 0.15) is 42.9 Å². The number of aryl methyl sites for hydroxylation is 2. The molecular weight excluding hydrogens is 290 g/mol. The Morgan fingerprint density at radius 3 is 2.39 bits per heavy atom. The first kappa shape index (κ1) is 18.2. The van der Waals surface area contributed by atoms with E-state index >= 15 is 0 Å². The van der Waals surface area contributed by atoms with E-state index in [1.165, 1.54) is 5.56 Å². The van der Waals surface area contributed by atoms with E-state index in [2.05, 4.69) is 30.9 Å². The molecule has 1 aromatic carbocycles. The highest BCUT2D eigenvalue weighted by molar-refractivity contribution is 5.44. The molecule has 4 nitrogen and oxygen atoms in total. The predicted molar refractivity (Wildman–Crippen MR) is 93.1 cm³/mol. The zero-order chi connectivity index (χ0) is 17.0. The van der Waals surface area contributed by atoms with E-state index < -0.39 is 11.7 Å². The molecule has 0 radical (unpaired) electrons. The smallest absolute Gasteiger partial charge is 0.125 e. The third-order valence-corrected chi connectivity index (χ3v) is 5.21. The molecule has 0 bridgehead atoms. The van der Waals surface area contributed by atoms with Crippen LogP contribution in [0.3, 0.4) is 0 Å². The predicted octanol–water partition coefficient (Wildman–Crippen LogP) is 2.59.